The van der Waals surface area contributed by atoms with Crippen molar-refractivity contribution in [3.63, 3.8) is 0 Å². The minimum absolute atomic E-state index is 0.197. The number of ether oxygens (including phenoxy) is 2. The number of halogens is 1. The first-order valence-corrected chi connectivity index (χ1v) is 11.9. The zero-order valence-corrected chi connectivity index (χ0v) is 20.4. The topological polar surface area (TPSA) is 47.5 Å². The van der Waals surface area contributed by atoms with Gasteiger partial charge in [0.25, 0.3) is 0 Å². The smallest absolute Gasteiger partial charge is 0.155 e. The van der Waals surface area contributed by atoms with E-state index in [0.29, 0.717) is 0 Å². The van der Waals surface area contributed by atoms with Crippen LogP contribution in [0.15, 0.2) is 85.1 Å². The lowest BCUT2D eigenvalue weighted by Crippen LogP contribution is -2.28. The van der Waals surface area contributed by atoms with Crippen LogP contribution >= 0.6 is 0 Å². The summed E-state index contributed by atoms with van der Waals surface area (Å²) in [5, 5.41) is 0. The average molecular weight is 482 g/mol. The third-order valence-corrected chi connectivity index (χ3v) is 6.43. The van der Waals surface area contributed by atoms with Gasteiger partial charge in [-0.3, -0.25) is 4.90 Å². The fraction of sp³-hybridized carbons (Fsp3) is 0.200. The molecule has 0 bridgehead atoms. The van der Waals surface area contributed by atoms with E-state index in [0.717, 1.165) is 76.9 Å². The zero-order valence-electron chi connectivity index (χ0n) is 20.4. The summed E-state index contributed by atoms with van der Waals surface area (Å²) < 4.78 is 24.2. The third kappa shape index (κ3) is 5.29. The number of hydrogen-bond acceptors (Lipinski definition) is 5. The highest BCUT2D eigenvalue weighted by atomic mass is 19.1. The SMILES string of the molecule is COc1ccc(-c2cnc(C3=CCN(Cc4cccc(F)c4)CC3)nc2-c2ccc(OC)cc2)cc1. The van der Waals surface area contributed by atoms with Gasteiger partial charge in [0, 0.05) is 37.0 Å². The van der Waals surface area contributed by atoms with Crippen LogP contribution in [0.3, 0.4) is 0 Å². The summed E-state index contributed by atoms with van der Waals surface area (Å²) in [5.41, 5.74) is 5.95. The fourth-order valence-electron chi connectivity index (χ4n) is 4.44. The zero-order chi connectivity index (χ0) is 24.9. The molecule has 0 radical (unpaired) electrons. The highest BCUT2D eigenvalue weighted by molar-refractivity contribution is 5.81. The van der Waals surface area contributed by atoms with Crippen molar-refractivity contribution in [1.82, 2.24) is 14.9 Å². The molecule has 0 aliphatic carbocycles. The van der Waals surface area contributed by atoms with Crippen LogP contribution in [0.2, 0.25) is 0 Å². The maximum Gasteiger partial charge on any atom is 0.155 e. The van der Waals surface area contributed by atoms with E-state index in [1.807, 2.05) is 60.8 Å². The van der Waals surface area contributed by atoms with Crippen LogP contribution in [-0.4, -0.2) is 42.2 Å². The Labute approximate surface area is 210 Å². The Bertz CT molecular complexity index is 1370. The van der Waals surface area contributed by atoms with Gasteiger partial charge in [0.2, 0.25) is 0 Å². The van der Waals surface area contributed by atoms with Crippen molar-refractivity contribution in [1.29, 1.82) is 0 Å². The van der Waals surface area contributed by atoms with Gasteiger partial charge in [0.1, 0.15) is 17.3 Å². The van der Waals surface area contributed by atoms with Gasteiger partial charge in [-0.1, -0.05) is 30.3 Å². The minimum Gasteiger partial charge on any atom is -0.497 e. The summed E-state index contributed by atoms with van der Waals surface area (Å²) in [4.78, 5) is 12.1. The molecule has 1 aliphatic rings. The monoisotopic (exact) mass is 481 g/mol. The minimum atomic E-state index is -0.197. The lowest BCUT2D eigenvalue weighted by Gasteiger charge is -2.26. The summed E-state index contributed by atoms with van der Waals surface area (Å²) in [6, 6.07) is 22.7. The van der Waals surface area contributed by atoms with Crippen LogP contribution in [0.25, 0.3) is 28.0 Å². The van der Waals surface area contributed by atoms with Gasteiger partial charge in [-0.25, -0.2) is 14.4 Å². The number of benzene rings is 3. The van der Waals surface area contributed by atoms with Crippen molar-refractivity contribution >= 4 is 5.57 Å². The van der Waals surface area contributed by atoms with E-state index in [1.165, 1.54) is 6.07 Å². The summed E-state index contributed by atoms with van der Waals surface area (Å²) in [5.74, 6) is 2.14. The largest absolute Gasteiger partial charge is 0.497 e. The second-order valence-electron chi connectivity index (χ2n) is 8.76. The predicted octanol–water partition coefficient (Wildman–Crippen LogP) is 6.26. The molecule has 5 nitrogen and oxygen atoms in total. The van der Waals surface area contributed by atoms with E-state index < -0.39 is 0 Å². The van der Waals surface area contributed by atoms with Crippen LogP contribution < -0.4 is 9.47 Å². The Balaban J connectivity index is 1.44. The molecule has 4 aromatic rings. The number of hydrogen-bond donors (Lipinski definition) is 0. The van der Waals surface area contributed by atoms with Crippen LogP contribution in [-0.2, 0) is 6.54 Å². The first-order chi connectivity index (χ1) is 17.6. The van der Waals surface area contributed by atoms with E-state index in [-0.39, 0.29) is 5.82 Å². The van der Waals surface area contributed by atoms with Gasteiger partial charge in [0.15, 0.2) is 5.82 Å². The molecular formula is C30H28FN3O2. The summed E-state index contributed by atoms with van der Waals surface area (Å²) in [6.45, 7) is 2.35. The number of aromatic nitrogens is 2. The van der Waals surface area contributed by atoms with Crippen molar-refractivity contribution in [2.24, 2.45) is 0 Å². The Morgan fingerprint density at radius 3 is 2.19 bits per heavy atom. The molecule has 0 N–H and O–H groups in total. The molecule has 1 aromatic heterocycles. The molecule has 0 saturated carbocycles. The molecular weight excluding hydrogens is 453 g/mol. The van der Waals surface area contributed by atoms with Crippen LogP contribution in [0.1, 0.15) is 17.8 Å². The molecule has 0 amide bonds. The van der Waals surface area contributed by atoms with Gasteiger partial charge in [0.05, 0.1) is 19.9 Å². The maximum absolute atomic E-state index is 13.6. The van der Waals surface area contributed by atoms with Gasteiger partial charge in [-0.15, -0.1) is 0 Å². The first-order valence-electron chi connectivity index (χ1n) is 11.9. The van der Waals surface area contributed by atoms with Crippen molar-refractivity contribution in [2.75, 3.05) is 27.3 Å². The van der Waals surface area contributed by atoms with Crippen LogP contribution in [0.5, 0.6) is 11.5 Å². The first kappa shape index (κ1) is 23.7. The molecule has 182 valence electrons. The summed E-state index contributed by atoms with van der Waals surface area (Å²) in [7, 11) is 3.32. The van der Waals surface area contributed by atoms with E-state index >= 15 is 0 Å². The Morgan fingerprint density at radius 2 is 1.58 bits per heavy atom. The summed E-state index contributed by atoms with van der Waals surface area (Å²) in [6.07, 6.45) is 4.92. The molecule has 3 aromatic carbocycles. The number of methoxy groups -OCH3 is 2. The molecule has 36 heavy (non-hydrogen) atoms. The average Bonchev–Trinajstić information content (AvgIpc) is 2.93. The highest BCUT2D eigenvalue weighted by Crippen LogP contribution is 2.33. The summed E-state index contributed by atoms with van der Waals surface area (Å²) >= 11 is 0. The Morgan fingerprint density at radius 1 is 0.889 bits per heavy atom. The van der Waals surface area contributed by atoms with Crippen molar-refractivity contribution in [3.05, 3.63) is 102 Å². The van der Waals surface area contributed by atoms with Crippen LogP contribution in [0.4, 0.5) is 4.39 Å². The van der Waals surface area contributed by atoms with Gasteiger partial charge in [-0.05, 0) is 71.7 Å². The van der Waals surface area contributed by atoms with Gasteiger partial charge >= 0.3 is 0 Å². The third-order valence-electron chi connectivity index (χ3n) is 6.43. The standard InChI is InChI=1S/C30H28FN3O2/c1-35-26-10-6-22(7-11-26)28-19-32-30(33-29(28)23-8-12-27(36-2)13-9-23)24-14-16-34(17-15-24)20-21-4-3-5-25(31)18-21/h3-14,18-19H,15-17,20H2,1-2H3. The van der Waals surface area contributed by atoms with Crippen LogP contribution in [0, 0.1) is 5.82 Å². The molecule has 5 rings (SSSR count). The molecule has 6 heteroatoms. The normalized spacial score (nSPS) is 13.8. The van der Waals surface area contributed by atoms with Crippen molar-refractivity contribution < 1.29 is 13.9 Å². The van der Waals surface area contributed by atoms with Gasteiger partial charge < -0.3 is 9.47 Å². The predicted molar refractivity (Wildman–Crippen MR) is 140 cm³/mol. The maximum atomic E-state index is 13.6. The fourth-order valence-corrected chi connectivity index (χ4v) is 4.44. The molecule has 1 aliphatic heterocycles. The Hall–Kier alpha value is -4.03. The van der Waals surface area contributed by atoms with Gasteiger partial charge in [-0.2, -0.15) is 0 Å². The second-order valence-corrected chi connectivity index (χ2v) is 8.76. The lowest BCUT2D eigenvalue weighted by atomic mass is 9.99. The Kier molecular flexibility index (Phi) is 7.05. The highest BCUT2D eigenvalue weighted by Gasteiger charge is 2.18. The molecule has 0 spiro atoms. The van der Waals surface area contributed by atoms with E-state index in [9.17, 15) is 4.39 Å². The van der Waals surface area contributed by atoms with Crippen molar-refractivity contribution in [2.45, 2.75) is 13.0 Å². The molecule has 0 fully saturated rings. The molecule has 0 atom stereocenters. The van der Waals surface area contributed by atoms with Crippen molar-refractivity contribution in [3.8, 4) is 33.9 Å². The second kappa shape index (κ2) is 10.7. The van der Waals surface area contributed by atoms with E-state index in [2.05, 4.69) is 11.0 Å². The molecule has 0 saturated heterocycles. The number of rotatable bonds is 7. The molecule has 0 unspecified atom stereocenters. The van der Waals surface area contributed by atoms with E-state index in [1.54, 1.807) is 26.4 Å². The van der Waals surface area contributed by atoms with E-state index in [4.69, 9.17) is 19.4 Å². The lowest BCUT2D eigenvalue weighted by molar-refractivity contribution is 0.293. The molecule has 2 heterocycles. The number of nitrogens with zero attached hydrogens (tertiary/aromatic N) is 3. The quantitative estimate of drug-likeness (QED) is 0.312.